The first-order valence-electron chi connectivity index (χ1n) is 14.5. The highest BCUT2D eigenvalue weighted by atomic mass is 16.6. The molecule has 2 aliphatic heterocycles. The number of amides is 1. The molecule has 0 radical (unpaired) electrons. The number of carbonyl (C=O) groups is 1. The Morgan fingerprint density at radius 2 is 1.73 bits per heavy atom. The summed E-state index contributed by atoms with van der Waals surface area (Å²) in [5, 5.41) is 11.7. The van der Waals surface area contributed by atoms with Gasteiger partial charge in [0.15, 0.2) is 5.82 Å². The molecule has 5 rings (SSSR count). The lowest BCUT2D eigenvalue weighted by atomic mass is 9.77. The third kappa shape index (κ3) is 7.81. The summed E-state index contributed by atoms with van der Waals surface area (Å²) in [5.74, 6) is -0.208. The highest BCUT2D eigenvalue weighted by Gasteiger charge is 2.52. The number of ether oxygens (including phenoxy) is 3. The minimum absolute atomic E-state index is 0.00549. The summed E-state index contributed by atoms with van der Waals surface area (Å²) >= 11 is 0. The number of allylic oxidation sites excluding steroid dienone is 2. The van der Waals surface area contributed by atoms with Crippen LogP contribution in [-0.4, -0.2) is 54.5 Å². The Balaban J connectivity index is 0.000000234. The zero-order valence-electron chi connectivity index (χ0n) is 25.1. The fourth-order valence-corrected chi connectivity index (χ4v) is 5.84. The van der Waals surface area contributed by atoms with E-state index >= 15 is 0 Å². The summed E-state index contributed by atoms with van der Waals surface area (Å²) in [4.78, 5) is 19.0. The van der Waals surface area contributed by atoms with Gasteiger partial charge in [-0.05, 0) is 68.4 Å². The second kappa shape index (κ2) is 14.1. The number of nitriles is 1. The normalized spacial score (nSPS) is 24.4. The van der Waals surface area contributed by atoms with Crippen LogP contribution in [0.5, 0.6) is 0 Å². The number of hydrogen-bond acceptors (Lipinski definition) is 6. The van der Waals surface area contributed by atoms with E-state index < -0.39 is 0 Å². The van der Waals surface area contributed by atoms with Gasteiger partial charge in [-0.15, -0.1) is 0 Å². The van der Waals surface area contributed by atoms with Crippen molar-refractivity contribution in [2.24, 2.45) is 5.41 Å². The summed E-state index contributed by atoms with van der Waals surface area (Å²) in [5.41, 5.74) is 3.70. The first kappa shape index (κ1) is 31.5. The Kier molecular flexibility index (Phi) is 11.1. The number of fused-ring (bicyclic) bond motifs is 2. The summed E-state index contributed by atoms with van der Waals surface area (Å²) in [6, 6.07) is 9.73. The van der Waals surface area contributed by atoms with E-state index in [1.54, 1.807) is 14.2 Å². The molecule has 8 nitrogen and oxygen atoms in total. The average molecular weight is 551 g/mol. The molecule has 2 aromatic rings. The van der Waals surface area contributed by atoms with Gasteiger partial charge in [-0.2, -0.15) is 5.26 Å². The number of benzene rings is 1. The molecule has 3 heterocycles. The Hall–Kier alpha value is -2.99. The van der Waals surface area contributed by atoms with Gasteiger partial charge in [0.25, 0.3) is 5.91 Å². The Bertz CT molecular complexity index is 1170. The van der Waals surface area contributed by atoms with Crippen molar-refractivity contribution in [2.45, 2.75) is 90.3 Å². The van der Waals surface area contributed by atoms with Crippen molar-refractivity contribution in [2.75, 3.05) is 32.8 Å². The predicted molar refractivity (Wildman–Crippen MR) is 158 cm³/mol. The molecule has 40 heavy (non-hydrogen) atoms. The highest BCUT2D eigenvalue weighted by Crippen LogP contribution is 2.48. The van der Waals surface area contributed by atoms with Crippen molar-refractivity contribution in [3.8, 4) is 6.07 Å². The maximum atomic E-state index is 12.3. The minimum Gasteiger partial charge on any atom is -0.382 e. The topological polar surface area (TPSA) is 109 Å². The zero-order valence-corrected chi connectivity index (χ0v) is 25.1. The SMILES string of the molecule is CC.CC1(C)CC=C(c2ccccc2NC(=O)c2ncc(C#N)[nH]2)CC1.COC[C@]12CCC[C@](COC)(CC1)O2. The van der Waals surface area contributed by atoms with E-state index in [0.717, 1.165) is 69.4 Å². The van der Waals surface area contributed by atoms with Gasteiger partial charge >= 0.3 is 0 Å². The number of nitrogens with zero attached hydrogens (tertiary/aromatic N) is 2. The van der Waals surface area contributed by atoms with E-state index in [2.05, 4.69) is 35.2 Å². The summed E-state index contributed by atoms with van der Waals surface area (Å²) in [7, 11) is 3.51. The molecule has 1 aliphatic carbocycles. The van der Waals surface area contributed by atoms with Gasteiger partial charge in [0.1, 0.15) is 11.8 Å². The van der Waals surface area contributed by atoms with Crippen molar-refractivity contribution in [1.82, 2.24) is 9.97 Å². The second-order valence-electron chi connectivity index (χ2n) is 11.5. The predicted octanol–water partition coefficient (Wildman–Crippen LogP) is 6.90. The van der Waals surface area contributed by atoms with Gasteiger partial charge in [0.05, 0.1) is 30.6 Å². The van der Waals surface area contributed by atoms with E-state index in [4.69, 9.17) is 19.5 Å². The molecule has 2 bridgehead atoms. The summed E-state index contributed by atoms with van der Waals surface area (Å²) < 4.78 is 16.7. The van der Waals surface area contributed by atoms with E-state index in [-0.39, 0.29) is 28.6 Å². The molecule has 1 aromatic carbocycles. The quantitative estimate of drug-likeness (QED) is 0.388. The van der Waals surface area contributed by atoms with Crippen LogP contribution in [0.4, 0.5) is 5.69 Å². The monoisotopic (exact) mass is 550 g/mol. The largest absolute Gasteiger partial charge is 0.382 e. The molecular weight excluding hydrogens is 504 g/mol. The van der Waals surface area contributed by atoms with Crippen LogP contribution in [0, 0.1) is 16.7 Å². The number of nitrogens with one attached hydrogen (secondary N) is 2. The maximum Gasteiger partial charge on any atom is 0.291 e. The van der Waals surface area contributed by atoms with Crippen LogP contribution in [-0.2, 0) is 14.2 Å². The zero-order chi connectivity index (χ0) is 29.2. The molecule has 2 N–H and O–H groups in total. The van der Waals surface area contributed by atoms with E-state index in [0.29, 0.717) is 5.41 Å². The van der Waals surface area contributed by atoms with Crippen LogP contribution in [0.1, 0.15) is 101 Å². The number of hydrogen-bond donors (Lipinski definition) is 2. The lowest BCUT2D eigenvalue weighted by Crippen LogP contribution is -2.45. The van der Waals surface area contributed by atoms with Crippen LogP contribution in [0.15, 0.2) is 36.5 Å². The van der Waals surface area contributed by atoms with Gasteiger partial charge in [0.2, 0.25) is 0 Å². The number of rotatable bonds is 7. The third-order valence-electron chi connectivity index (χ3n) is 7.95. The minimum atomic E-state index is -0.347. The molecular formula is C32H46N4O4. The smallest absolute Gasteiger partial charge is 0.291 e. The molecule has 0 saturated carbocycles. The van der Waals surface area contributed by atoms with Crippen molar-refractivity contribution >= 4 is 17.2 Å². The van der Waals surface area contributed by atoms with Crippen molar-refractivity contribution < 1.29 is 19.0 Å². The number of H-pyrrole nitrogens is 1. The number of aromatic amines is 1. The molecule has 1 aromatic heterocycles. The van der Waals surface area contributed by atoms with Crippen LogP contribution in [0.2, 0.25) is 0 Å². The van der Waals surface area contributed by atoms with Crippen LogP contribution in [0.3, 0.4) is 0 Å². The molecule has 218 valence electrons. The standard InChI is InChI=1S/C19H20N4O.C11H20O3.C2H6/c1-19(2)9-7-13(8-10-19)15-5-3-4-6-16(15)23-18(24)17-21-12-14(11-20)22-17;1-12-8-10-4-3-5-11(14-10,7-6-10)9-13-2;1-2/h3-7,12H,8-10H2,1-2H3,(H,21,22)(H,23,24);3-9H2,1-2H3;1-2H3/t;10-,11+;. The lowest BCUT2D eigenvalue weighted by molar-refractivity contribution is -0.178. The van der Waals surface area contributed by atoms with Gasteiger partial charge in [0, 0.05) is 25.5 Å². The Labute approximate surface area is 239 Å². The van der Waals surface area contributed by atoms with Crippen molar-refractivity contribution in [1.29, 1.82) is 5.26 Å². The highest BCUT2D eigenvalue weighted by molar-refractivity contribution is 6.03. The fourth-order valence-electron chi connectivity index (χ4n) is 5.84. The molecule has 2 saturated heterocycles. The molecule has 0 unspecified atom stereocenters. The van der Waals surface area contributed by atoms with Crippen LogP contribution < -0.4 is 5.32 Å². The van der Waals surface area contributed by atoms with Crippen molar-refractivity contribution in [3.05, 3.63) is 53.6 Å². The number of para-hydroxylation sites is 1. The molecule has 1 amide bonds. The average Bonchev–Trinajstić information content (AvgIpc) is 3.53. The van der Waals surface area contributed by atoms with Gasteiger partial charge < -0.3 is 24.5 Å². The molecule has 8 heteroatoms. The Morgan fingerprint density at radius 3 is 2.27 bits per heavy atom. The van der Waals surface area contributed by atoms with E-state index in [9.17, 15) is 4.79 Å². The first-order valence-corrected chi connectivity index (χ1v) is 14.5. The van der Waals surface area contributed by atoms with Crippen LogP contribution >= 0.6 is 0 Å². The third-order valence-corrected chi connectivity index (χ3v) is 7.95. The summed E-state index contributed by atoms with van der Waals surface area (Å²) in [6.45, 7) is 10.0. The Morgan fingerprint density at radius 1 is 1.07 bits per heavy atom. The van der Waals surface area contributed by atoms with E-state index in [1.165, 1.54) is 18.2 Å². The second-order valence-corrected chi connectivity index (χ2v) is 11.5. The molecule has 2 atom stereocenters. The number of methoxy groups -OCH3 is 2. The molecule has 3 aliphatic rings. The molecule has 2 fully saturated rings. The number of anilines is 1. The van der Waals surface area contributed by atoms with Crippen molar-refractivity contribution in [3.63, 3.8) is 0 Å². The lowest BCUT2D eigenvalue weighted by Gasteiger charge is -2.39. The van der Waals surface area contributed by atoms with Gasteiger partial charge in [-0.3, -0.25) is 4.79 Å². The van der Waals surface area contributed by atoms with Gasteiger partial charge in [-0.1, -0.05) is 52.0 Å². The number of aromatic nitrogens is 2. The van der Waals surface area contributed by atoms with Crippen LogP contribution in [0.25, 0.3) is 5.57 Å². The maximum absolute atomic E-state index is 12.3. The number of carbonyl (C=O) groups excluding carboxylic acids is 1. The van der Waals surface area contributed by atoms with E-state index in [1.807, 2.05) is 44.2 Å². The first-order chi connectivity index (χ1) is 19.2. The molecule has 0 spiro atoms. The summed E-state index contributed by atoms with van der Waals surface area (Å²) in [6.07, 6.45) is 12.6. The van der Waals surface area contributed by atoms with Gasteiger partial charge in [-0.25, -0.2) is 4.98 Å². The number of imidazole rings is 1. The fraction of sp³-hybridized carbons (Fsp3) is 0.594.